The Labute approximate surface area is 62.2 Å². The molecule has 1 aliphatic carbocycles. The van der Waals surface area contributed by atoms with E-state index in [4.69, 9.17) is 4.74 Å². The van der Waals surface area contributed by atoms with Crippen LogP contribution in [0.5, 0.6) is 0 Å². The molecule has 0 aromatic carbocycles. The fraction of sp³-hybridized carbons (Fsp3) is 1.00. The maximum Gasteiger partial charge on any atom is 0.0776 e. The number of hydrogen-bond donors (Lipinski definition) is 1. The first-order chi connectivity index (χ1) is 4.83. The quantitative estimate of drug-likeness (QED) is 0.642. The highest BCUT2D eigenvalue weighted by molar-refractivity contribution is 4.72. The van der Waals surface area contributed by atoms with E-state index < -0.39 is 0 Å². The summed E-state index contributed by atoms with van der Waals surface area (Å²) in [5, 5.41) is 9.26. The topological polar surface area (TPSA) is 29.5 Å². The molecule has 1 atom stereocenters. The van der Waals surface area contributed by atoms with Crippen molar-refractivity contribution in [2.24, 2.45) is 5.92 Å². The molecule has 0 aromatic heterocycles. The molecule has 0 heterocycles. The average molecular weight is 144 g/mol. The monoisotopic (exact) mass is 144 g/mol. The second-order valence-corrected chi connectivity index (χ2v) is 3.14. The zero-order valence-corrected chi connectivity index (χ0v) is 6.55. The van der Waals surface area contributed by atoms with Crippen LogP contribution in [-0.2, 0) is 4.74 Å². The van der Waals surface area contributed by atoms with Crippen LogP contribution in [-0.4, -0.2) is 24.9 Å². The molecule has 1 rings (SSSR count). The fourth-order valence-electron chi connectivity index (χ4n) is 1.37. The zero-order chi connectivity index (χ0) is 7.40. The molecule has 0 radical (unpaired) electrons. The van der Waals surface area contributed by atoms with E-state index in [0.29, 0.717) is 6.61 Å². The SMILES string of the molecule is COC[C@@H](O)CC1CCC1. The molecule has 1 fully saturated rings. The fourth-order valence-corrected chi connectivity index (χ4v) is 1.37. The Morgan fingerprint density at radius 2 is 2.30 bits per heavy atom. The van der Waals surface area contributed by atoms with Crippen LogP contribution in [0.1, 0.15) is 25.7 Å². The van der Waals surface area contributed by atoms with Gasteiger partial charge in [-0.15, -0.1) is 0 Å². The molecule has 0 aromatic rings. The van der Waals surface area contributed by atoms with E-state index in [1.165, 1.54) is 19.3 Å². The summed E-state index contributed by atoms with van der Waals surface area (Å²) < 4.78 is 4.82. The van der Waals surface area contributed by atoms with E-state index in [2.05, 4.69) is 0 Å². The maximum atomic E-state index is 9.26. The Bertz CT molecular complexity index is 89.3. The second-order valence-electron chi connectivity index (χ2n) is 3.14. The summed E-state index contributed by atoms with van der Waals surface area (Å²) in [6.07, 6.45) is 4.68. The van der Waals surface area contributed by atoms with Crippen molar-refractivity contribution >= 4 is 0 Å². The molecular weight excluding hydrogens is 128 g/mol. The van der Waals surface area contributed by atoms with Gasteiger partial charge >= 0.3 is 0 Å². The van der Waals surface area contributed by atoms with Crippen molar-refractivity contribution in [3.8, 4) is 0 Å². The van der Waals surface area contributed by atoms with Crippen LogP contribution >= 0.6 is 0 Å². The third kappa shape index (κ3) is 2.27. The molecule has 2 heteroatoms. The molecule has 1 saturated carbocycles. The minimum Gasteiger partial charge on any atom is -0.391 e. The number of ether oxygens (including phenoxy) is 1. The van der Waals surface area contributed by atoms with Crippen molar-refractivity contribution in [3.63, 3.8) is 0 Å². The summed E-state index contributed by atoms with van der Waals surface area (Å²) in [7, 11) is 1.63. The highest BCUT2D eigenvalue weighted by Gasteiger charge is 2.20. The summed E-state index contributed by atoms with van der Waals surface area (Å²) in [5.74, 6) is 0.783. The normalized spacial score (nSPS) is 22.2. The molecule has 0 unspecified atom stereocenters. The minimum absolute atomic E-state index is 0.227. The predicted octanol–water partition coefficient (Wildman–Crippen LogP) is 1.18. The van der Waals surface area contributed by atoms with Gasteiger partial charge < -0.3 is 9.84 Å². The summed E-state index contributed by atoms with van der Waals surface area (Å²) in [6.45, 7) is 0.497. The Hall–Kier alpha value is -0.0800. The summed E-state index contributed by atoms with van der Waals surface area (Å²) >= 11 is 0. The molecule has 0 amide bonds. The summed E-state index contributed by atoms with van der Waals surface area (Å²) in [4.78, 5) is 0. The number of rotatable bonds is 4. The van der Waals surface area contributed by atoms with Gasteiger partial charge in [-0.05, 0) is 12.3 Å². The van der Waals surface area contributed by atoms with Gasteiger partial charge in [-0.2, -0.15) is 0 Å². The van der Waals surface area contributed by atoms with E-state index in [-0.39, 0.29) is 6.10 Å². The van der Waals surface area contributed by atoms with Gasteiger partial charge in [0.15, 0.2) is 0 Å². The molecule has 0 saturated heterocycles. The molecule has 10 heavy (non-hydrogen) atoms. The van der Waals surface area contributed by atoms with E-state index in [1.807, 2.05) is 0 Å². The van der Waals surface area contributed by atoms with Crippen LogP contribution in [0.15, 0.2) is 0 Å². The highest BCUT2D eigenvalue weighted by atomic mass is 16.5. The van der Waals surface area contributed by atoms with Crippen LogP contribution in [0.3, 0.4) is 0 Å². The number of methoxy groups -OCH3 is 1. The number of hydrogen-bond acceptors (Lipinski definition) is 2. The summed E-state index contributed by atoms with van der Waals surface area (Å²) in [5.41, 5.74) is 0. The molecule has 1 aliphatic rings. The lowest BCUT2D eigenvalue weighted by Crippen LogP contribution is -2.22. The van der Waals surface area contributed by atoms with Crippen molar-refractivity contribution in [1.82, 2.24) is 0 Å². The lowest BCUT2D eigenvalue weighted by Gasteiger charge is -2.27. The van der Waals surface area contributed by atoms with Gasteiger partial charge in [0.2, 0.25) is 0 Å². The number of aliphatic hydroxyl groups is 1. The Morgan fingerprint density at radius 3 is 2.70 bits per heavy atom. The molecule has 1 N–H and O–H groups in total. The molecule has 0 bridgehead atoms. The second kappa shape index (κ2) is 3.94. The lowest BCUT2D eigenvalue weighted by molar-refractivity contribution is 0.0385. The van der Waals surface area contributed by atoms with Gasteiger partial charge in [-0.1, -0.05) is 19.3 Å². The predicted molar refractivity (Wildman–Crippen MR) is 39.8 cm³/mol. The average Bonchev–Trinajstić information content (AvgIpc) is 1.80. The largest absolute Gasteiger partial charge is 0.391 e. The van der Waals surface area contributed by atoms with Crippen molar-refractivity contribution in [2.75, 3.05) is 13.7 Å². The van der Waals surface area contributed by atoms with Gasteiger partial charge in [0.1, 0.15) is 0 Å². The van der Waals surface area contributed by atoms with Crippen molar-refractivity contribution < 1.29 is 9.84 Å². The lowest BCUT2D eigenvalue weighted by atomic mass is 9.81. The van der Waals surface area contributed by atoms with Crippen molar-refractivity contribution in [1.29, 1.82) is 0 Å². The molecular formula is C8H16O2. The van der Waals surface area contributed by atoms with Crippen molar-refractivity contribution in [3.05, 3.63) is 0 Å². The maximum absolute atomic E-state index is 9.26. The van der Waals surface area contributed by atoms with E-state index in [9.17, 15) is 5.11 Å². The van der Waals surface area contributed by atoms with E-state index >= 15 is 0 Å². The number of aliphatic hydroxyl groups excluding tert-OH is 1. The molecule has 2 nitrogen and oxygen atoms in total. The minimum atomic E-state index is -0.227. The summed E-state index contributed by atoms with van der Waals surface area (Å²) in [6, 6.07) is 0. The van der Waals surface area contributed by atoms with E-state index in [0.717, 1.165) is 12.3 Å². The van der Waals surface area contributed by atoms with Crippen LogP contribution in [0, 0.1) is 5.92 Å². The highest BCUT2D eigenvalue weighted by Crippen LogP contribution is 2.30. The van der Waals surface area contributed by atoms with Crippen LogP contribution < -0.4 is 0 Å². The van der Waals surface area contributed by atoms with E-state index in [1.54, 1.807) is 7.11 Å². The molecule has 0 aliphatic heterocycles. The van der Waals surface area contributed by atoms with Crippen LogP contribution in [0.4, 0.5) is 0 Å². The third-order valence-corrected chi connectivity index (χ3v) is 2.19. The Morgan fingerprint density at radius 1 is 1.60 bits per heavy atom. The van der Waals surface area contributed by atoms with Crippen molar-refractivity contribution in [2.45, 2.75) is 31.8 Å². The third-order valence-electron chi connectivity index (χ3n) is 2.19. The first kappa shape index (κ1) is 8.02. The van der Waals surface area contributed by atoms with Gasteiger partial charge in [-0.25, -0.2) is 0 Å². The first-order valence-corrected chi connectivity index (χ1v) is 4.00. The van der Waals surface area contributed by atoms with Crippen LogP contribution in [0.25, 0.3) is 0 Å². The smallest absolute Gasteiger partial charge is 0.0776 e. The Kier molecular flexibility index (Phi) is 3.16. The standard InChI is InChI=1S/C8H16O2/c1-10-6-8(9)5-7-3-2-4-7/h7-9H,2-6H2,1H3/t8-/m0/s1. The van der Waals surface area contributed by atoms with Crippen LogP contribution in [0.2, 0.25) is 0 Å². The molecule has 0 spiro atoms. The zero-order valence-electron chi connectivity index (χ0n) is 6.55. The molecule has 60 valence electrons. The van der Waals surface area contributed by atoms with Gasteiger partial charge in [0.05, 0.1) is 12.7 Å². The van der Waals surface area contributed by atoms with Gasteiger partial charge in [0, 0.05) is 7.11 Å². The van der Waals surface area contributed by atoms with Gasteiger partial charge in [-0.3, -0.25) is 0 Å². The van der Waals surface area contributed by atoms with Gasteiger partial charge in [0.25, 0.3) is 0 Å². The first-order valence-electron chi connectivity index (χ1n) is 4.00. The Balaban J connectivity index is 1.99.